The summed E-state index contributed by atoms with van der Waals surface area (Å²) in [5.41, 5.74) is 11.6. The van der Waals surface area contributed by atoms with Crippen molar-refractivity contribution in [1.29, 1.82) is 0 Å². The van der Waals surface area contributed by atoms with E-state index in [2.05, 4.69) is 4.98 Å². The minimum atomic E-state index is -0.740. The summed E-state index contributed by atoms with van der Waals surface area (Å²) in [4.78, 5) is 15.1. The first-order valence-corrected chi connectivity index (χ1v) is 6.73. The standard InChI is InChI=1S/C13H14FN3O2S/c1-6(18)4-7-2-3-8(9(14)5-7)13-17-10(11(15)19)12(16)20-13/h2-3,5-6,18H,4,16H2,1H3,(H2,15,19). The van der Waals surface area contributed by atoms with Gasteiger partial charge in [-0.1, -0.05) is 17.4 Å². The van der Waals surface area contributed by atoms with Crippen molar-refractivity contribution < 1.29 is 14.3 Å². The van der Waals surface area contributed by atoms with E-state index in [1.54, 1.807) is 19.1 Å². The van der Waals surface area contributed by atoms with Gasteiger partial charge in [-0.3, -0.25) is 4.79 Å². The summed E-state index contributed by atoms with van der Waals surface area (Å²) < 4.78 is 14.1. The quantitative estimate of drug-likeness (QED) is 0.796. The van der Waals surface area contributed by atoms with Crippen molar-refractivity contribution in [3.05, 3.63) is 35.3 Å². The van der Waals surface area contributed by atoms with Crippen LogP contribution in [0.15, 0.2) is 18.2 Å². The Morgan fingerprint density at radius 3 is 2.75 bits per heavy atom. The SMILES string of the molecule is CC(O)Cc1ccc(-c2nc(C(N)=O)c(N)s2)c(F)c1. The maximum absolute atomic E-state index is 14.1. The topological polar surface area (TPSA) is 102 Å². The molecule has 0 aliphatic rings. The van der Waals surface area contributed by atoms with Gasteiger partial charge >= 0.3 is 0 Å². The summed E-state index contributed by atoms with van der Waals surface area (Å²) in [7, 11) is 0. The molecule has 1 unspecified atom stereocenters. The van der Waals surface area contributed by atoms with Gasteiger partial charge in [-0.25, -0.2) is 9.37 Å². The molecule has 106 valence electrons. The van der Waals surface area contributed by atoms with Crippen LogP contribution in [-0.4, -0.2) is 22.1 Å². The van der Waals surface area contributed by atoms with Crippen LogP contribution in [0.2, 0.25) is 0 Å². The van der Waals surface area contributed by atoms with Gasteiger partial charge in [0.15, 0.2) is 5.69 Å². The van der Waals surface area contributed by atoms with Gasteiger partial charge in [0.25, 0.3) is 5.91 Å². The normalized spacial score (nSPS) is 12.3. The average Bonchev–Trinajstić information content (AvgIpc) is 2.70. The van der Waals surface area contributed by atoms with Crippen LogP contribution in [0, 0.1) is 5.82 Å². The molecule has 1 aromatic heterocycles. The minimum Gasteiger partial charge on any atom is -0.393 e. The number of nitrogen functional groups attached to an aromatic ring is 1. The number of hydrogen-bond acceptors (Lipinski definition) is 5. The molecule has 5 nitrogen and oxygen atoms in total. The van der Waals surface area contributed by atoms with Gasteiger partial charge in [-0.15, -0.1) is 0 Å². The molecule has 7 heteroatoms. The lowest BCUT2D eigenvalue weighted by molar-refractivity contribution is 0.0997. The van der Waals surface area contributed by atoms with E-state index in [9.17, 15) is 14.3 Å². The lowest BCUT2D eigenvalue weighted by Gasteiger charge is -2.06. The number of primary amides is 1. The number of aliphatic hydroxyl groups excluding tert-OH is 1. The molecule has 1 amide bonds. The second-order valence-corrected chi connectivity index (χ2v) is 5.49. The van der Waals surface area contributed by atoms with Crippen LogP contribution < -0.4 is 11.5 Å². The highest BCUT2D eigenvalue weighted by Crippen LogP contribution is 2.31. The van der Waals surface area contributed by atoms with Crippen molar-refractivity contribution in [1.82, 2.24) is 4.98 Å². The Bertz CT molecular complexity index is 655. The third-order valence-electron chi connectivity index (χ3n) is 2.68. The maximum atomic E-state index is 14.1. The number of aromatic nitrogens is 1. The van der Waals surface area contributed by atoms with Crippen molar-refractivity contribution in [3.8, 4) is 10.6 Å². The largest absolute Gasteiger partial charge is 0.393 e. The molecular weight excluding hydrogens is 281 g/mol. The lowest BCUT2D eigenvalue weighted by Crippen LogP contribution is -2.13. The molecule has 0 bridgehead atoms. The summed E-state index contributed by atoms with van der Waals surface area (Å²) in [6.45, 7) is 1.63. The van der Waals surface area contributed by atoms with E-state index >= 15 is 0 Å². The highest BCUT2D eigenvalue weighted by molar-refractivity contribution is 7.19. The number of nitrogens with two attached hydrogens (primary N) is 2. The van der Waals surface area contributed by atoms with E-state index in [-0.39, 0.29) is 16.3 Å². The second kappa shape index (κ2) is 5.56. The van der Waals surface area contributed by atoms with E-state index in [1.165, 1.54) is 6.07 Å². The molecule has 5 N–H and O–H groups in total. The zero-order chi connectivity index (χ0) is 14.9. The minimum absolute atomic E-state index is 0.0440. The van der Waals surface area contributed by atoms with Crippen molar-refractivity contribution in [2.45, 2.75) is 19.4 Å². The van der Waals surface area contributed by atoms with Gasteiger partial charge in [-0.2, -0.15) is 0 Å². The molecule has 0 spiro atoms. The second-order valence-electron chi connectivity index (χ2n) is 4.46. The van der Waals surface area contributed by atoms with E-state index in [0.29, 0.717) is 17.0 Å². The van der Waals surface area contributed by atoms with Crippen molar-refractivity contribution in [2.75, 3.05) is 5.73 Å². The molecular formula is C13H14FN3O2S. The van der Waals surface area contributed by atoms with Crippen LogP contribution in [0.3, 0.4) is 0 Å². The number of benzene rings is 1. The Kier molecular flexibility index (Phi) is 4.01. The Labute approximate surface area is 119 Å². The van der Waals surface area contributed by atoms with E-state index < -0.39 is 17.8 Å². The molecule has 0 aliphatic heterocycles. The van der Waals surface area contributed by atoms with E-state index in [0.717, 1.165) is 11.3 Å². The summed E-state index contributed by atoms with van der Waals surface area (Å²) in [5.74, 6) is -1.22. The fourth-order valence-electron chi connectivity index (χ4n) is 1.82. The molecule has 0 radical (unpaired) electrons. The van der Waals surface area contributed by atoms with Crippen LogP contribution >= 0.6 is 11.3 Å². The van der Waals surface area contributed by atoms with Gasteiger partial charge in [0, 0.05) is 5.56 Å². The molecule has 0 saturated carbocycles. The number of amides is 1. The summed E-state index contributed by atoms with van der Waals surface area (Å²) >= 11 is 1.01. The third kappa shape index (κ3) is 2.94. The van der Waals surface area contributed by atoms with Gasteiger partial charge in [0.2, 0.25) is 0 Å². The van der Waals surface area contributed by atoms with Crippen molar-refractivity contribution >= 4 is 22.2 Å². The van der Waals surface area contributed by atoms with Crippen LogP contribution in [0.5, 0.6) is 0 Å². The number of aliphatic hydroxyl groups is 1. The van der Waals surface area contributed by atoms with E-state index in [1.807, 2.05) is 0 Å². The zero-order valence-electron chi connectivity index (χ0n) is 10.8. The third-order valence-corrected chi connectivity index (χ3v) is 3.60. The number of anilines is 1. The van der Waals surface area contributed by atoms with Gasteiger partial charge in [-0.05, 0) is 31.0 Å². The number of carbonyl (C=O) groups excluding carboxylic acids is 1. The van der Waals surface area contributed by atoms with Crippen molar-refractivity contribution in [2.24, 2.45) is 5.73 Å². The highest BCUT2D eigenvalue weighted by Gasteiger charge is 2.17. The number of hydrogen-bond donors (Lipinski definition) is 3. The number of thiazole rings is 1. The first kappa shape index (κ1) is 14.4. The number of nitrogens with zero attached hydrogens (tertiary/aromatic N) is 1. The average molecular weight is 295 g/mol. The zero-order valence-corrected chi connectivity index (χ0v) is 11.6. The molecule has 0 fully saturated rings. The number of carbonyl (C=O) groups is 1. The summed E-state index contributed by atoms with van der Waals surface area (Å²) in [6.07, 6.45) is -0.179. The summed E-state index contributed by atoms with van der Waals surface area (Å²) in [6, 6.07) is 4.59. The molecule has 2 rings (SSSR count). The predicted octanol–water partition coefficient (Wildman–Crippen LogP) is 1.55. The molecule has 1 aromatic carbocycles. The number of rotatable bonds is 4. The molecule has 2 aromatic rings. The lowest BCUT2D eigenvalue weighted by atomic mass is 10.1. The van der Waals surface area contributed by atoms with Crippen molar-refractivity contribution in [3.63, 3.8) is 0 Å². The first-order valence-electron chi connectivity index (χ1n) is 5.91. The van der Waals surface area contributed by atoms with Crippen LogP contribution in [0.25, 0.3) is 10.6 Å². The fraction of sp³-hybridized carbons (Fsp3) is 0.231. The maximum Gasteiger partial charge on any atom is 0.270 e. The summed E-state index contributed by atoms with van der Waals surface area (Å²) in [5, 5.41) is 9.75. The van der Waals surface area contributed by atoms with Gasteiger partial charge in [0.1, 0.15) is 15.8 Å². The van der Waals surface area contributed by atoms with Gasteiger partial charge in [0.05, 0.1) is 6.10 Å². The molecule has 1 heterocycles. The Hall–Kier alpha value is -1.99. The fourth-order valence-corrected chi connectivity index (χ4v) is 2.69. The molecule has 1 atom stereocenters. The molecule has 20 heavy (non-hydrogen) atoms. The Morgan fingerprint density at radius 2 is 2.25 bits per heavy atom. The first-order chi connectivity index (χ1) is 9.38. The monoisotopic (exact) mass is 295 g/mol. The number of halogens is 1. The Balaban J connectivity index is 2.38. The van der Waals surface area contributed by atoms with Crippen LogP contribution in [-0.2, 0) is 6.42 Å². The van der Waals surface area contributed by atoms with Crippen LogP contribution in [0.1, 0.15) is 23.0 Å². The Morgan fingerprint density at radius 1 is 1.55 bits per heavy atom. The predicted molar refractivity (Wildman–Crippen MR) is 75.8 cm³/mol. The van der Waals surface area contributed by atoms with E-state index in [4.69, 9.17) is 11.5 Å². The molecule has 0 aliphatic carbocycles. The van der Waals surface area contributed by atoms with Crippen LogP contribution in [0.4, 0.5) is 9.39 Å². The highest BCUT2D eigenvalue weighted by atomic mass is 32.1. The van der Waals surface area contributed by atoms with Gasteiger partial charge < -0.3 is 16.6 Å². The smallest absolute Gasteiger partial charge is 0.270 e. The molecule has 0 saturated heterocycles.